The second-order valence-corrected chi connectivity index (χ2v) is 8.32. The third-order valence-electron chi connectivity index (χ3n) is 4.50. The normalized spacial score (nSPS) is 24.7. The van der Waals surface area contributed by atoms with Gasteiger partial charge in [-0.05, 0) is 50.0 Å². The van der Waals surface area contributed by atoms with E-state index in [0.29, 0.717) is 24.0 Å². The maximum absolute atomic E-state index is 12.7. The molecule has 0 saturated carbocycles. The van der Waals surface area contributed by atoms with E-state index in [4.69, 9.17) is 0 Å². The minimum absolute atomic E-state index is 0.407. The van der Waals surface area contributed by atoms with Gasteiger partial charge in [-0.1, -0.05) is 28.1 Å². The molecule has 0 radical (unpaired) electrons. The van der Waals surface area contributed by atoms with Gasteiger partial charge in [0.25, 0.3) is 0 Å². The molecule has 0 aromatic heterocycles. The highest BCUT2D eigenvalue weighted by Crippen LogP contribution is 2.26. The Morgan fingerprint density at radius 2 is 1.76 bits per heavy atom. The molecule has 1 aromatic carbocycles. The summed E-state index contributed by atoms with van der Waals surface area (Å²) in [6, 6.07) is 7.58. The van der Waals surface area contributed by atoms with Gasteiger partial charge in [0.05, 0.1) is 4.90 Å². The lowest BCUT2D eigenvalue weighted by Crippen LogP contribution is -2.37. The quantitative estimate of drug-likeness (QED) is 0.762. The Balaban J connectivity index is 1.72. The Morgan fingerprint density at radius 1 is 1.10 bits per heavy atom. The molecule has 1 aromatic rings. The smallest absolute Gasteiger partial charge is 0.243 e. The highest BCUT2D eigenvalue weighted by atomic mass is 79.9. The summed E-state index contributed by atoms with van der Waals surface area (Å²) in [5.74, 6) is 0. The van der Waals surface area contributed by atoms with Crippen molar-refractivity contribution in [1.29, 1.82) is 0 Å². The van der Waals surface area contributed by atoms with Crippen LogP contribution in [0.5, 0.6) is 0 Å². The number of alkyl halides is 1. The molecule has 3 rings (SSSR count). The molecule has 2 aliphatic rings. The first-order chi connectivity index (χ1) is 10.1. The third-order valence-corrected chi connectivity index (χ3v) is 7.03. The molecule has 0 bridgehead atoms. The van der Waals surface area contributed by atoms with Crippen molar-refractivity contribution in [3.63, 3.8) is 0 Å². The Morgan fingerprint density at radius 3 is 2.38 bits per heavy atom. The Hall–Kier alpha value is -0.430. The number of rotatable bonds is 4. The second-order valence-electron chi connectivity index (χ2n) is 5.83. The zero-order valence-electron chi connectivity index (χ0n) is 12.0. The summed E-state index contributed by atoms with van der Waals surface area (Å²) in [5, 5.41) is 0.744. The van der Waals surface area contributed by atoms with Gasteiger partial charge in [0.1, 0.15) is 0 Å². The van der Waals surface area contributed by atoms with Crippen molar-refractivity contribution in [3.05, 3.63) is 29.8 Å². The minimum atomic E-state index is -3.33. The molecular formula is C15H21BrN2O2S. The standard InChI is InChI=1S/C15H21BrN2O2S/c16-11-13-3-5-15(6-4-13)21(19,20)18-10-7-14(12-18)17-8-1-2-9-17/h3-6,14H,1-2,7-12H2. The van der Waals surface area contributed by atoms with Crippen molar-refractivity contribution in [1.82, 2.24) is 9.21 Å². The SMILES string of the molecule is O=S(=O)(c1ccc(CBr)cc1)N1CCC(N2CCCC2)C1. The molecule has 0 N–H and O–H groups in total. The first-order valence-corrected chi connectivity index (χ1v) is 10.1. The fraction of sp³-hybridized carbons (Fsp3) is 0.600. The van der Waals surface area contributed by atoms with E-state index in [0.717, 1.165) is 30.4 Å². The Labute approximate surface area is 135 Å². The van der Waals surface area contributed by atoms with Gasteiger partial charge in [0.15, 0.2) is 0 Å². The molecule has 2 saturated heterocycles. The Kier molecular flexibility index (Phi) is 4.69. The summed E-state index contributed by atoms with van der Waals surface area (Å²) in [5.41, 5.74) is 1.09. The lowest BCUT2D eigenvalue weighted by Gasteiger charge is -2.23. The maximum atomic E-state index is 12.7. The summed E-state index contributed by atoms with van der Waals surface area (Å²) in [6.07, 6.45) is 3.45. The summed E-state index contributed by atoms with van der Waals surface area (Å²) < 4.78 is 27.0. The van der Waals surface area contributed by atoms with E-state index < -0.39 is 10.0 Å². The van der Waals surface area contributed by atoms with Crippen molar-refractivity contribution in [3.8, 4) is 0 Å². The summed E-state index contributed by atoms with van der Waals surface area (Å²) in [4.78, 5) is 2.86. The zero-order chi connectivity index (χ0) is 14.9. The van der Waals surface area contributed by atoms with Crippen molar-refractivity contribution in [2.45, 2.75) is 35.5 Å². The van der Waals surface area contributed by atoms with E-state index in [1.165, 1.54) is 12.8 Å². The molecule has 2 heterocycles. The van der Waals surface area contributed by atoms with Gasteiger partial charge in [0.2, 0.25) is 10.0 Å². The highest BCUT2D eigenvalue weighted by molar-refractivity contribution is 9.08. The van der Waals surface area contributed by atoms with Crippen LogP contribution >= 0.6 is 15.9 Å². The summed E-state index contributed by atoms with van der Waals surface area (Å²) in [6.45, 7) is 3.53. The van der Waals surface area contributed by atoms with Crippen LogP contribution in [-0.4, -0.2) is 49.8 Å². The fourth-order valence-corrected chi connectivity index (χ4v) is 5.10. The monoisotopic (exact) mass is 372 g/mol. The van der Waals surface area contributed by atoms with Crippen molar-refractivity contribution in [2.75, 3.05) is 26.2 Å². The number of hydrogen-bond acceptors (Lipinski definition) is 3. The molecule has 1 atom stereocenters. The van der Waals surface area contributed by atoms with Crippen molar-refractivity contribution in [2.24, 2.45) is 0 Å². The van der Waals surface area contributed by atoms with E-state index in [1.54, 1.807) is 16.4 Å². The number of nitrogens with zero attached hydrogens (tertiary/aromatic N) is 2. The van der Waals surface area contributed by atoms with Crippen molar-refractivity contribution < 1.29 is 8.42 Å². The molecule has 0 aliphatic carbocycles. The van der Waals surface area contributed by atoms with Gasteiger partial charge in [-0.3, -0.25) is 4.90 Å². The van der Waals surface area contributed by atoms with Crippen LogP contribution in [0.15, 0.2) is 29.2 Å². The van der Waals surface area contributed by atoms with Crippen LogP contribution in [0.3, 0.4) is 0 Å². The van der Waals surface area contributed by atoms with Crippen LogP contribution in [0.25, 0.3) is 0 Å². The highest BCUT2D eigenvalue weighted by Gasteiger charge is 2.35. The molecule has 21 heavy (non-hydrogen) atoms. The van der Waals surface area contributed by atoms with Crippen LogP contribution < -0.4 is 0 Å². The predicted octanol–water partition coefficient (Wildman–Crippen LogP) is 2.44. The molecule has 6 heteroatoms. The predicted molar refractivity (Wildman–Crippen MR) is 87.0 cm³/mol. The van der Waals surface area contributed by atoms with Crippen LogP contribution in [0.1, 0.15) is 24.8 Å². The molecule has 116 valence electrons. The first kappa shape index (κ1) is 15.5. The molecular weight excluding hydrogens is 352 g/mol. The average molecular weight is 373 g/mol. The first-order valence-electron chi connectivity index (χ1n) is 7.50. The van der Waals surface area contributed by atoms with E-state index in [2.05, 4.69) is 20.8 Å². The minimum Gasteiger partial charge on any atom is -0.299 e. The molecule has 0 amide bonds. The number of hydrogen-bond donors (Lipinski definition) is 0. The molecule has 2 fully saturated rings. The number of halogens is 1. The van der Waals surface area contributed by atoms with Crippen molar-refractivity contribution >= 4 is 26.0 Å². The van der Waals surface area contributed by atoms with Crippen LogP contribution in [-0.2, 0) is 15.4 Å². The van der Waals surface area contributed by atoms with Gasteiger partial charge in [-0.2, -0.15) is 4.31 Å². The van der Waals surface area contributed by atoms with Gasteiger partial charge in [0, 0.05) is 24.5 Å². The number of likely N-dealkylation sites (tertiary alicyclic amines) is 1. The van der Waals surface area contributed by atoms with Gasteiger partial charge < -0.3 is 0 Å². The van der Waals surface area contributed by atoms with E-state index >= 15 is 0 Å². The van der Waals surface area contributed by atoms with E-state index in [1.807, 2.05) is 12.1 Å². The second kappa shape index (κ2) is 6.36. The maximum Gasteiger partial charge on any atom is 0.243 e. The third kappa shape index (κ3) is 3.18. The number of sulfonamides is 1. The molecule has 1 unspecified atom stereocenters. The van der Waals surface area contributed by atoms with E-state index in [-0.39, 0.29) is 0 Å². The lowest BCUT2D eigenvalue weighted by atomic mass is 10.2. The topological polar surface area (TPSA) is 40.6 Å². The van der Waals surface area contributed by atoms with E-state index in [9.17, 15) is 8.42 Å². The van der Waals surface area contributed by atoms with Crippen LogP contribution in [0, 0.1) is 0 Å². The lowest BCUT2D eigenvalue weighted by molar-refractivity contribution is 0.251. The fourth-order valence-electron chi connectivity index (χ4n) is 3.23. The summed E-state index contributed by atoms with van der Waals surface area (Å²) in [7, 11) is -3.33. The van der Waals surface area contributed by atoms with Gasteiger partial charge in [-0.15, -0.1) is 0 Å². The summed E-state index contributed by atoms with van der Waals surface area (Å²) >= 11 is 3.38. The zero-order valence-corrected chi connectivity index (χ0v) is 14.4. The Bertz CT molecular complexity index is 582. The molecule has 0 spiro atoms. The average Bonchev–Trinajstić information content (AvgIpc) is 3.18. The van der Waals surface area contributed by atoms with Gasteiger partial charge in [-0.25, -0.2) is 8.42 Å². The number of benzene rings is 1. The van der Waals surface area contributed by atoms with Crippen LogP contribution in [0.4, 0.5) is 0 Å². The molecule has 2 aliphatic heterocycles. The molecule has 4 nitrogen and oxygen atoms in total. The van der Waals surface area contributed by atoms with Crippen LogP contribution in [0.2, 0.25) is 0 Å². The van der Waals surface area contributed by atoms with Gasteiger partial charge >= 0.3 is 0 Å². The largest absolute Gasteiger partial charge is 0.299 e.